The van der Waals surface area contributed by atoms with E-state index >= 15 is 0 Å². The summed E-state index contributed by atoms with van der Waals surface area (Å²) in [6.45, 7) is 4.72. The second kappa shape index (κ2) is 10.9. The Morgan fingerprint density at radius 2 is 1.68 bits per heavy atom. The molecule has 4 rings (SSSR count). The van der Waals surface area contributed by atoms with E-state index in [1.807, 2.05) is 49.4 Å². The van der Waals surface area contributed by atoms with E-state index in [2.05, 4.69) is 31.4 Å². The first-order chi connectivity index (χ1) is 16.5. The summed E-state index contributed by atoms with van der Waals surface area (Å²) >= 11 is 1.57. The predicted molar refractivity (Wildman–Crippen MR) is 135 cm³/mol. The van der Waals surface area contributed by atoms with Crippen molar-refractivity contribution in [2.24, 2.45) is 0 Å². The Kier molecular flexibility index (Phi) is 7.77. The van der Waals surface area contributed by atoms with E-state index in [4.69, 9.17) is 0 Å². The summed E-state index contributed by atoms with van der Waals surface area (Å²) in [5, 5.41) is 9.56. The summed E-state index contributed by atoms with van der Waals surface area (Å²) in [7, 11) is -3.66. The minimum absolute atomic E-state index is 0.263. The maximum atomic E-state index is 13.1. The van der Waals surface area contributed by atoms with Crippen LogP contribution in [0, 0.1) is 6.92 Å². The van der Waals surface area contributed by atoms with Crippen LogP contribution in [0.1, 0.15) is 30.5 Å². The maximum absolute atomic E-state index is 13.1. The van der Waals surface area contributed by atoms with Crippen molar-refractivity contribution in [1.29, 1.82) is 0 Å². The number of nitrogens with one attached hydrogen (secondary N) is 1. The van der Waals surface area contributed by atoms with E-state index in [0.29, 0.717) is 12.2 Å². The molecular formula is C25H27N5O2S2. The van der Waals surface area contributed by atoms with Crippen LogP contribution in [0.4, 0.5) is 0 Å². The van der Waals surface area contributed by atoms with Crippen LogP contribution in [0.25, 0.3) is 11.4 Å². The van der Waals surface area contributed by atoms with Crippen LogP contribution in [-0.2, 0) is 16.6 Å². The van der Waals surface area contributed by atoms with Gasteiger partial charge in [0.1, 0.15) is 0 Å². The van der Waals surface area contributed by atoms with Gasteiger partial charge in [0.2, 0.25) is 10.0 Å². The van der Waals surface area contributed by atoms with Gasteiger partial charge in [-0.3, -0.25) is 4.98 Å². The Bertz CT molecular complexity index is 1310. The van der Waals surface area contributed by atoms with E-state index in [1.54, 1.807) is 48.4 Å². The van der Waals surface area contributed by atoms with Crippen molar-refractivity contribution in [2.45, 2.75) is 42.9 Å². The number of nitrogens with zero attached hydrogens (tertiary/aromatic N) is 4. The Morgan fingerprint density at radius 1 is 0.971 bits per heavy atom. The SMILES string of the molecule is CCn1c(SCCC(NS(=O)(=O)c2ccc(C)cc2)c2ccccc2)nnc1-c1ccncc1. The van der Waals surface area contributed by atoms with E-state index in [0.717, 1.165) is 34.2 Å². The lowest BCUT2D eigenvalue weighted by Crippen LogP contribution is -2.29. The van der Waals surface area contributed by atoms with Crippen LogP contribution in [0.5, 0.6) is 0 Å². The van der Waals surface area contributed by atoms with Gasteiger partial charge in [0.25, 0.3) is 0 Å². The zero-order valence-corrected chi connectivity index (χ0v) is 20.8. The molecule has 1 N–H and O–H groups in total. The zero-order valence-electron chi connectivity index (χ0n) is 19.1. The van der Waals surface area contributed by atoms with Gasteiger partial charge in [-0.1, -0.05) is 59.8 Å². The molecule has 2 aromatic heterocycles. The van der Waals surface area contributed by atoms with Crippen molar-refractivity contribution in [2.75, 3.05) is 5.75 Å². The second-order valence-corrected chi connectivity index (χ2v) is 10.6. The van der Waals surface area contributed by atoms with Crippen molar-refractivity contribution in [3.05, 3.63) is 90.3 Å². The standard InChI is InChI=1S/C25H27N5O2S2/c1-3-30-24(21-13-16-26-17-14-21)27-28-25(30)33-18-15-23(20-7-5-4-6-8-20)29-34(31,32)22-11-9-19(2)10-12-22/h4-14,16-17,23,29H,3,15,18H2,1-2H3. The molecule has 0 saturated carbocycles. The number of aromatic nitrogens is 4. The van der Waals surface area contributed by atoms with Crippen LogP contribution >= 0.6 is 11.8 Å². The van der Waals surface area contributed by atoms with Gasteiger partial charge >= 0.3 is 0 Å². The molecule has 0 fully saturated rings. The molecule has 0 saturated heterocycles. The van der Waals surface area contributed by atoms with Crippen LogP contribution in [0.2, 0.25) is 0 Å². The summed E-state index contributed by atoms with van der Waals surface area (Å²) in [5.41, 5.74) is 2.90. The third kappa shape index (κ3) is 5.72. The first kappa shape index (κ1) is 24.1. The van der Waals surface area contributed by atoms with E-state index in [-0.39, 0.29) is 10.9 Å². The molecule has 0 aliphatic rings. The van der Waals surface area contributed by atoms with Crippen molar-refractivity contribution >= 4 is 21.8 Å². The van der Waals surface area contributed by atoms with Crippen molar-refractivity contribution in [3.63, 3.8) is 0 Å². The van der Waals surface area contributed by atoms with Crippen molar-refractivity contribution < 1.29 is 8.42 Å². The molecule has 176 valence electrons. The molecule has 1 unspecified atom stereocenters. The first-order valence-electron chi connectivity index (χ1n) is 11.1. The average Bonchev–Trinajstić information content (AvgIpc) is 3.27. The quantitative estimate of drug-likeness (QED) is 0.317. The van der Waals surface area contributed by atoms with Gasteiger partial charge in [-0.15, -0.1) is 10.2 Å². The minimum Gasteiger partial charge on any atom is -0.302 e. The average molecular weight is 494 g/mol. The number of hydrogen-bond acceptors (Lipinski definition) is 6. The number of pyridine rings is 1. The number of aryl methyl sites for hydroxylation is 1. The lowest BCUT2D eigenvalue weighted by Gasteiger charge is -2.19. The lowest BCUT2D eigenvalue weighted by molar-refractivity contribution is 0.551. The summed E-state index contributed by atoms with van der Waals surface area (Å²) in [6.07, 6.45) is 4.07. The Morgan fingerprint density at radius 3 is 2.35 bits per heavy atom. The van der Waals surface area contributed by atoms with Crippen molar-refractivity contribution in [3.8, 4) is 11.4 Å². The van der Waals surface area contributed by atoms with Crippen LogP contribution in [0.3, 0.4) is 0 Å². The monoisotopic (exact) mass is 493 g/mol. The Balaban J connectivity index is 1.50. The molecule has 34 heavy (non-hydrogen) atoms. The topological polar surface area (TPSA) is 89.8 Å². The van der Waals surface area contributed by atoms with Crippen LogP contribution in [-0.4, -0.2) is 33.9 Å². The Hall–Kier alpha value is -3.01. The molecule has 4 aromatic rings. The summed E-state index contributed by atoms with van der Waals surface area (Å²) in [4.78, 5) is 4.33. The lowest BCUT2D eigenvalue weighted by atomic mass is 10.1. The highest BCUT2D eigenvalue weighted by Gasteiger charge is 2.22. The number of thioether (sulfide) groups is 1. The summed E-state index contributed by atoms with van der Waals surface area (Å²) in [5.74, 6) is 1.47. The van der Waals surface area contributed by atoms with Gasteiger partial charge in [-0.25, -0.2) is 13.1 Å². The molecule has 7 nitrogen and oxygen atoms in total. The van der Waals surface area contributed by atoms with Gasteiger partial charge in [0.15, 0.2) is 11.0 Å². The normalized spacial score (nSPS) is 12.5. The van der Waals surface area contributed by atoms with Gasteiger partial charge in [0, 0.05) is 36.3 Å². The molecule has 1 atom stereocenters. The smallest absolute Gasteiger partial charge is 0.241 e. The van der Waals surface area contributed by atoms with E-state index < -0.39 is 10.0 Å². The molecule has 0 bridgehead atoms. The fraction of sp³-hybridized carbons (Fsp3) is 0.240. The third-order valence-electron chi connectivity index (χ3n) is 5.44. The largest absolute Gasteiger partial charge is 0.302 e. The number of rotatable bonds is 10. The Labute approximate surface area is 204 Å². The highest BCUT2D eigenvalue weighted by atomic mass is 32.2. The number of hydrogen-bond donors (Lipinski definition) is 1. The highest BCUT2D eigenvalue weighted by molar-refractivity contribution is 7.99. The van der Waals surface area contributed by atoms with Crippen LogP contribution in [0.15, 0.2) is 89.2 Å². The molecule has 9 heteroatoms. The molecule has 2 aromatic carbocycles. The van der Waals surface area contributed by atoms with E-state index in [9.17, 15) is 8.42 Å². The molecule has 0 aliphatic carbocycles. The molecule has 0 amide bonds. The second-order valence-electron chi connectivity index (χ2n) is 7.82. The van der Waals surface area contributed by atoms with Gasteiger partial charge in [-0.2, -0.15) is 0 Å². The molecular weight excluding hydrogens is 466 g/mol. The molecule has 0 aliphatic heterocycles. The number of sulfonamides is 1. The summed E-state index contributed by atoms with van der Waals surface area (Å²) < 4.78 is 31.1. The maximum Gasteiger partial charge on any atom is 0.241 e. The minimum atomic E-state index is -3.66. The zero-order chi connectivity index (χ0) is 24.0. The van der Waals surface area contributed by atoms with E-state index in [1.165, 1.54) is 0 Å². The summed E-state index contributed by atoms with van der Waals surface area (Å²) in [6, 6.07) is 20.0. The van der Waals surface area contributed by atoms with Gasteiger partial charge in [0.05, 0.1) is 4.90 Å². The third-order valence-corrected chi connectivity index (χ3v) is 7.93. The van der Waals surface area contributed by atoms with Gasteiger partial charge < -0.3 is 4.57 Å². The first-order valence-corrected chi connectivity index (χ1v) is 13.5. The molecule has 2 heterocycles. The van der Waals surface area contributed by atoms with Crippen molar-refractivity contribution in [1.82, 2.24) is 24.5 Å². The highest BCUT2D eigenvalue weighted by Crippen LogP contribution is 2.27. The predicted octanol–water partition coefficient (Wildman–Crippen LogP) is 4.87. The fourth-order valence-corrected chi connectivity index (χ4v) is 5.88. The fourth-order valence-electron chi connectivity index (χ4n) is 3.61. The molecule has 0 radical (unpaired) electrons. The van der Waals surface area contributed by atoms with Crippen LogP contribution < -0.4 is 4.72 Å². The molecule has 0 spiro atoms. The number of benzene rings is 2. The van der Waals surface area contributed by atoms with Gasteiger partial charge in [-0.05, 0) is 50.1 Å².